The number of nitrogens with one attached hydrogen (secondary N) is 1. The Labute approximate surface area is 111 Å². The molecule has 0 saturated carbocycles. The van der Waals surface area contributed by atoms with Gasteiger partial charge in [0.25, 0.3) is 0 Å². The van der Waals surface area contributed by atoms with Crippen LogP contribution in [0, 0.1) is 6.92 Å². The minimum absolute atomic E-state index is 0.405. The van der Waals surface area contributed by atoms with E-state index in [0.717, 1.165) is 11.3 Å². The lowest BCUT2D eigenvalue weighted by Gasteiger charge is -2.10. The SMILES string of the molecule is CCOc1ncnc(NCc2cn(C)nc2C)c1N. The van der Waals surface area contributed by atoms with E-state index in [1.807, 2.05) is 27.1 Å². The molecule has 2 aromatic rings. The Morgan fingerprint density at radius 2 is 2.21 bits per heavy atom. The Bertz CT molecular complexity index is 565. The van der Waals surface area contributed by atoms with Crippen LogP contribution < -0.4 is 15.8 Å². The molecule has 0 spiro atoms. The molecule has 0 saturated heterocycles. The number of rotatable bonds is 5. The van der Waals surface area contributed by atoms with Crippen molar-refractivity contribution in [1.29, 1.82) is 0 Å². The topological polar surface area (TPSA) is 90.9 Å². The van der Waals surface area contributed by atoms with Crippen LogP contribution in [-0.2, 0) is 13.6 Å². The molecule has 0 amide bonds. The number of anilines is 2. The molecule has 2 aromatic heterocycles. The number of hydrogen-bond donors (Lipinski definition) is 2. The summed E-state index contributed by atoms with van der Waals surface area (Å²) in [5, 5.41) is 7.45. The highest BCUT2D eigenvalue weighted by Gasteiger charge is 2.09. The summed E-state index contributed by atoms with van der Waals surface area (Å²) >= 11 is 0. The molecule has 7 heteroatoms. The molecule has 3 N–H and O–H groups in total. The Kier molecular flexibility index (Phi) is 3.84. The zero-order valence-electron chi connectivity index (χ0n) is 11.3. The fourth-order valence-electron chi connectivity index (χ4n) is 1.77. The van der Waals surface area contributed by atoms with Crippen LogP contribution in [0.5, 0.6) is 5.88 Å². The summed E-state index contributed by atoms with van der Waals surface area (Å²) in [6.45, 7) is 4.97. The second-order valence-electron chi connectivity index (χ2n) is 4.14. The first kappa shape index (κ1) is 13.1. The Balaban J connectivity index is 2.11. The zero-order chi connectivity index (χ0) is 13.8. The second kappa shape index (κ2) is 5.55. The summed E-state index contributed by atoms with van der Waals surface area (Å²) in [5.41, 5.74) is 8.44. The highest BCUT2D eigenvalue weighted by molar-refractivity contribution is 5.66. The van der Waals surface area contributed by atoms with Crippen molar-refractivity contribution in [2.45, 2.75) is 20.4 Å². The molecule has 2 rings (SSSR count). The van der Waals surface area contributed by atoms with E-state index >= 15 is 0 Å². The predicted octanol–water partition coefficient (Wildman–Crippen LogP) is 1.11. The van der Waals surface area contributed by atoms with Gasteiger partial charge in [0, 0.05) is 25.4 Å². The molecule has 0 aliphatic carbocycles. The fraction of sp³-hybridized carbons (Fsp3) is 0.417. The molecule has 0 unspecified atom stereocenters. The van der Waals surface area contributed by atoms with Crippen molar-refractivity contribution in [2.24, 2.45) is 7.05 Å². The molecule has 0 aliphatic heterocycles. The average Bonchev–Trinajstić information content (AvgIpc) is 2.69. The highest BCUT2D eigenvalue weighted by atomic mass is 16.5. The van der Waals surface area contributed by atoms with Crippen molar-refractivity contribution in [1.82, 2.24) is 19.7 Å². The first-order chi connectivity index (χ1) is 9.11. The molecule has 0 bridgehead atoms. The maximum atomic E-state index is 5.94. The molecule has 0 atom stereocenters. The summed E-state index contributed by atoms with van der Waals surface area (Å²) in [7, 11) is 1.89. The van der Waals surface area contributed by atoms with Gasteiger partial charge in [-0.15, -0.1) is 0 Å². The minimum Gasteiger partial charge on any atom is -0.476 e. The van der Waals surface area contributed by atoms with Gasteiger partial charge in [0.1, 0.15) is 12.0 Å². The highest BCUT2D eigenvalue weighted by Crippen LogP contribution is 2.24. The first-order valence-corrected chi connectivity index (χ1v) is 6.08. The number of nitrogen functional groups attached to an aromatic ring is 1. The predicted molar refractivity (Wildman–Crippen MR) is 72.9 cm³/mol. The molecule has 2 heterocycles. The van der Waals surface area contributed by atoms with E-state index in [1.165, 1.54) is 6.33 Å². The number of nitrogens with zero attached hydrogens (tertiary/aromatic N) is 4. The van der Waals surface area contributed by atoms with E-state index in [0.29, 0.717) is 30.5 Å². The molecular weight excluding hydrogens is 244 g/mol. The van der Waals surface area contributed by atoms with Gasteiger partial charge in [-0.25, -0.2) is 4.98 Å². The van der Waals surface area contributed by atoms with Gasteiger partial charge >= 0.3 is 0 Å². The van der Waals surface area contributed by atoms with Crippen LogP contribution in [0.4, 0.5) is 11.5 Å². The van der Waals surface area contributed by atoms with Crippen molar-refractivity contribution >= 4 is 11.5 Å². The van der Waals surface area contributed by atoms with E-state index in [1.54, 1.807) is 4.68 Å². The molecule has 19 heavy (non-hydrogen) atoms. The van der Waals surface area contributed by atoms with E-state index in [9.17, 15) is 0 Å². The van der Waals surface area contributed by atoms with E-state index < -0.39 is 0 Å². The Hall–Kier alpha value is -2.31. The van der Waals surface area contributed by atoms with Crippen molar-refractivity contribution in [3.63, 3.8) is 0 Å². The summed E-state index contributed by atoms with van der Waals surface area (Å²) in [6.07, 6.45) is 3.39. The van der Waals surface area contributed by atoms with Gasteiger partial charge in [0.2, 0.25) is 5.88 Å². The van der Waals surface area contributed by atoms with Crippen LogP contribution >= 0.6 is 0 Å². The zero-order valence-corrected chi connectivity index (χ0v) is 11.3. The average molecular weight is 262 g/mol. The summed E-state index contributed by atoms with van der Waals surface area (Å²) in [4.78, 5) is 8.11. The first-order valence-electron chi connectivity index (χ1n) is 6.08. The van der Waals surface area contributed by atoms with Crippen molar-refractivity contribution in [3.8, 4) is 5.88 Å². The van der Waals surface area contributed by atoms with E-state index in [4.69, 9.17) is 10.5 Å². The third-order valence-corrected chi connectivity index (χ3v) is 2.69. The number of aryl methyl sites for hydroxylation is 2. The molecule has 0 aromatic carbocycles. The van der Waals surface area contributed by atoms with Crippen molar-refractivity contribution in [2.75, 3.05) is 17.7 Å². The largest absolute Gasteiger partial charge is 0.476 e. The van der Waals surface area contributed by atoms with Crippen LogP contribution in [0.1, 0.15) is 18.2 Å². The van der Waals surface area contributed by atoms with Crippen LogP contribution in [-0.4, -0.2) is 26.4 Å². The van der Waals surface area contributed by atoms with E-state index in [-0.39, 0.29) is 0 Å². The summed E-state index contributed by atoms with van der Waals surface area (Å²) in [5.74, 6) is 0.976. The van der Waals surface area contributed by atoms with Gasteiger partial charge in [-0.05, 0) is 13.8 Å². The third kappa shape index (κ3) is 2.93. The molecule has 0 radical (unpaired) electrons. The van der Waals surface area contributed by atoms with Crippen molar-refractivity contribution < 1.29 is 4.74 Å². The van der Waals surface area contributed by atoms with Gasteiger partial charge in [-0.2, -0.15) is 10.1 Å². The lowest BCUT2D eigenvalue weighted by Crippen LogP contribution is -2.08. The van der Waals surface area contributed by atoms with Gasteiger partial charge in [-0.1, -0.05) is 0 Å². The maximum Gasteiger partial charge on any atom is 0.242 e. The lowest BCUT2D eigenvalue weighted by molar-refractivity contribution is 0.328. The molecule has 102 valence electrons. The number of nitrogens with two attached hydrogens (primary N) is 1. The molecule has 0 fully saturated rings. The maximum absolute atomic E-state index is 5.94. The minimum atomic E-state index is 0.405. The number of aromatic nitrogens is 4. The van der Waals surface area contributed by atoms with Crippen LogP contribution in [0.2, 0.25) is 0 Å². The normalized spacial score (nSPS) is 10.5. The smallest absolute Gasteiger partial charge is 0.242 e. The summed E-state index contributed by atoms with van der Waals surface area (Å²) in [6, 6.07) is 0. The Morgan fingerprint density at radius 1 is 1.42 bits per heavy atom. The fourth-order valence-corrected chi connectivity index (χ4v) is 1.77. The van der Waals surface area contributed by atoms with Gasteiger partial charge in [0.15, 0.2) is 5.82 Å². The Morgan fingerprint density at radius 3 is 2.84 bits per heavy atom. The van der Waals surface area contributed by atoms with Gasteiger partial charge in [-0.3, -0.25) is 4.68 Å². The third-order valence-electron chi connectivity index (χ3n) is 2.69. The number of hydrogen-bond acceptors (Lipinski definition) is 6. The van der Waals surface area contributed by atoms with Crippen LogP contribution in [0.3, 0.4) is 0 Å². The van der Waals surface area contributed by atoms with E-state index in [2.05, 4.69) is 20.4 Å². The standard InChI is InChI=1S/C12H18N6O/c1-4-19-12-10(13)11(15-7-16-12)14-5-9-6-18(3)17-8(9)2/h6-7H,4-5,13H2,1-3H3,(H,14,15,16). The van der Waals surface area contributed by atoms with Crippen molar-refractivity contribution in [3.05, 3.63) is 23.8 Å². The quantitative estimate of drug-likeness (QED) is 0.838. The molecule has 7 nitrogen and oxygen atoms in total. The summed E-state index contributed by atoms with van der Waals surface area (Å²) < 4.78 is 7.10. The van der Waals surface area contributed by atoms with Gasteiger partial charge < -0.3 is 15.8 Å². The monoisotopic (exact) mass is 262 g/mol. The van der Waals surface area contributed by atoms with Gasteiger partial charge in [0.05, 0.1) is 12.3 Å². The van der Waals surface area contributed by atoms with Crippen LogP contribution in [0.15, 0.2) is 12.5 Å². The molecular formula is C12H18N6O. The molecule has 0 aliphatic rings. The lowest BCUT2D eigenvalue weighted by atomic mass is 10.2. The number of ether oxygens (including phenoxy) is 1. The van der Waals surface area contributed by atoms with Crippen LogP contribution in [0.25, 0.3) is 0 Å². The second-order valence-corrected chi connectivity index (χ2v) is 4.14.